The summed E-state index contributed by atoms with van der Waals surface area (Å²) in [5.41, 5.74) is 0.543. The summed E-state index contributed by atoms with van der Waals surface area (Å²) >= 11 is 7.40. The van der Waals surface area contributed by atoms with Crippen molar-refractivity contribution in [1.82, 2.24) is 0 Å². The average molecular weight is 310 g/mol. The van der Waals surface area contributed by atoms with E-state index < -0.39 is 5.97 Å². The number of ketones is 1. The van der Waals surface area contributed by atoms with Gasteiger partial charge in [-0.25, -0.2) is 0 Å². The van der Waals surface area contributed by atoms with E-state index in [0.29, 0.717) is 15.6 Å². The van der Waals surface area contributed by atoms with Crippen LogP contribution in [-0.4, -0.2) is 29.9 Å². The van der Waals surface area contributed by atoms with Crippen LogP contribution in [0.25, 0.3) is 0 Å². The number of thiophene rings is 1. The lowest BCUT2D eigenvalue weighted by Crippen LogP contribution is -2.34. The van der Waals surface area contributed by atoms with Gasteiger partial charge in [-0.05, 0) is 23.6 Å². The molecule has 104 valence electrons. The summed E-state index contributed by atoms with van der Waals surface area (Å²) in [5, 5.41) is 11.2. The number of anilines is 1. The molecule has 1 aromatic carbocycles. The average Bonchev–Trinajstić information content (AvgIpc) is 2.92. The van der Waals surface area contributed by atoms with Crippen LogP contribution in [0.3, 0.4) is 0 Å². The number of aliphatic carboxylic acids is 1. The Morgan fingerprint density at radius 3 is 2.50 bits per heavy atom. The summed E-state index contributed by atoms with van der Waals surface area (Å²) in [5.74, 6) is -1.13. The van der Waals surface area contributed by atoms with Gasteiger partial charge in [0.2, 0.25) is 0 Å². The maximum atomic E-state index is 12.1. The van der Waals surface area contributed by atoms with Gasteiger partial charge >= 0.3 is 5.97 Å². The molecule has 1 heterocycles. The van der Waals surface area contributed by atoms with Crippen molar-refractivity contribution in [3.63, 3.8) is 0 Å². The fourth-order valence-corrected chi connectivity index (χ4v) is 2.70. The highest BCUT2D eigenvalue weighted by Gasteiger charge is 2.18. The summed E-state index contributed by atoms with van der Waals surface area (Å²) in [6, 6.07) is 10.4. The summed E-state index contributed by atoms with van der Waals surface area (Å²) in [6.07, 6.45) is 0. The monoisotopic (exact) mass is 309 g/mol. The molecule has 0 saturated carbocycles. The molecule has 6 heteroatoms. The van der Waals surface area contributed by atoms with E-state index in [2.05, 4.69) is 0 Å². The van der Waals surface area contributed by atoms with Crippen molar-refractivity contribution >= 4 is 40.4 Å². The molecule has 20 heavy (non-hydrogen) atoms. The van der Waals surface area contributed by atoms with Crippen LogP contribution in [0, 0.1) is 0 Å². The second-order valence-corrected chi connectivity index (χ2v) is 5.46. The predicted molar refractivity (Wildman–Crippen MR) is 80.0 cm³/mol. The normalized spacial score (nSPS) is 10.2. The van der Waals surface area contributed by atoms with Gasteiger partial charge in [-0.15, -0.1) is 11.3 Å². The van der Waals surface area contributed by atoms with Crippen LogP contribution in [-0.2, 0) is 4.79 Å². The number of hydrogen-bond donors (Lipinski definition) is 1. The smallest absolute Gasteiger partial charge is 0.323 e. The molecular formula is C14H12ClNO3S. The fourth-order valence-electron chi connectivity index (χ4n) is 1.79. The van der Waals surface area contributed by atoms with Gasteiger partial charge in [-0.3, -0.25) is 9.59 Å². The molecule has 2 rings (SSSR count). The first kappa shape index (κ1) is 14.6. The van der Waals surface area contributed by atoms with Gasteiger partial charge in [0.05, 0.1) is 22.1 Å². The van der Waals surface area contributed by atoms with E-state index in [9.17, 15) is 9.59 Å². The quantitative estimate of drug-likeness (QED) is 0.833. The van der Waals surface area contributed by atoms with E-state index in [1.54, 1.807) is 36.4 Å². The van der Waals surface area contributed by atoms with Crippen molar-refractivity contribution < 1.29 is 14.7 Å². The number of carbonyl (C=O) groups excluding carboxylic acids is 1. The van der Waals surface area contributed by atoms with Crippen molar-refractivity contribution in [3.8, 4) is 0 Å². The molecule has 0 aliphatic carbocycles. The number of rotatable bonds is 6. The molecule has 0 fully saturated rings. The van der Waals surface area contributed by atoms with Gasteiger partial charge in [0, 0.05) is 0 Å². The maximum Gasteiger partial charge on any atom is 0.323 e. The first-order chi connectivity index (χ1) is 9.58. The Labute approximate surface area is 125 Å². The first-order valence-corrected chi connectivity index (χ1v) is 7.11. The highest BCUT2D eigenvalue weighted by atomic mass is 35.5. The molecule has 0 amide bonds. The third-order valence-corrected chi connectivity index (χ3v) is 3.88. The molecule has 4 nitrogen and oxygen atoms in total. The van der Waals surface area contributed by atoms with Gasteiger partial charge in [0.1, 0.15) is 6.54 Å². The van der Waals surface area contributed by atoms with Crippen LogP contribution < -0.4 is 4.90 Å². The molecule has 0 spiro atoms. The van der Waals surface area contributed by atoms with Crippen LogP contribution in [0.15, 0.2) is 41.8 Å². The first-order valence-electron chi connectivity index (χ1n) is 5.86. The van der Waals surface area contributed by atoms with E-state index in [1.807, 2.05) is 5.38 Å². The Balaban J connectivity index is 2.22. The van der Waals surface area contributed by atoms with Crippen molar-refractivity contribution in [1.29, 1.82) is 0 Å². The van der Waals surface area contributed by atoms with Crippen LogP contribution in [0.4, 0.5) is 5.69 Å². The Morgan fingerprint density at radius 2 is 1.90 bits per heavy atom. The van der Waals surface area contributed by atoms with Gasteiger partial charge in [0.15, 0.2) is 5.78 Å². The van der Waals surface area contributed by atoms with E-state index >= 15 is 0 Å². The maximum absolute atomic E-state index is 12.1. The zero-order valence-electron chi connectivity index (χ0n) is 10.5. The van der Waals surface area contributed by atoms with Crippen molar-refractivity contribution in [2.45, 2.75) is 0 Å². The second-order valence-electron chi connectivity index (χ2n) is 4.10. The molecule has 1 aromatic heterocycles. The number of nitrogens with zero attached hydrogens (tertiary/aromatic N) is 1. The van der Waals surface area contributed by atoms with E-state index in [-0.39, 0.29) is 18.9 Å². The summed E-state index contributed by atoms with van der Waals surface area (Å²) < 4.78 is 0. The standard InChI is InChI=1S/C14H12ClNO3S/c15-10-4-1-2-5-11(10)16(9-14(18)19)8-12(17)13-6-3-7-20-13/h1-7H,8-9H2,(H,18,19). The lowest BCUT2D eigenvalue weighted by atomic mass is 10.2. The fraction of sp³-hybridized carbons (Fsp3) is 0.143. The molecule has 0 saturated heterocycles. The Bertz CT molecular complexity index is 613. The zero-order valence-corrected chi connectivity index (χ0v) is 12.0. The van der Waals surface area contributed by atoms with Crippen molar-refractivity contribution in [2.75, 3.05) is 18.0 Å². The third-order valence-electron chi connectivity index (χ3n) is 2.65. The SMILES string of the molecule is O=C(O)CN(CC(=O)c1cccs1)c1ccccc1Cl. The van der Waals surface area contributed by atoms with Gasteiger partial charge < -0.3 is 10.0 Å². The van der Waals surface area contributed by atoms with Crippen LogP contribution >= 0.6 is 22.9 Å². The minimum atomic E-state index is -1.01. The zero-order chi connectivity index (χ0) is 14.5. The Hall–Kier alpha value is -1.85. The number of carboxylic acids is 1. The second kappa shape index (κ2) is 6.54. The van der Waals surface area contributed by atoms with E-state index in [4.69, 9.17) is 16.7 Å². The number of para-hydroxylation sites is 1. The molecule has 0 aliphatic heterocycles. The number of benzene rings is 1. The molecule has 0 aliphatic rings. The number of Topliss-reactive ketones (excluding diaryl/α,β-unsaturated/α-hetero) is 1. The summed E-state index contributed by atoms with van der Waals surface area (Å²) in [6.45, 7) is -0.294. The van der Waals surface area contributed by atoms with Crippen LogP contribution in [0.1, 0.15) is 9.67 Å². The Kier molecular flexibility index (Phi) is 4.76. The molecule has 2 aromatic rings. The van der Waals surface area contributed by atoms with Crippen LogP contribution in [0.2, 0.25) is 5.02 Å². The molecular weight excluding hydrogens is 298 g/mol. The third kappa shape index (κ3) is 3.59. The molecule has 0 unspecified atom stereocenters. The van der Waals surface area contributed by atoms with Crippen LogP contribution in [0.5, 0.6) is 0 Å². The van der Waals surface area contributed by atoms with Crippen molar-refractivity contribution in [2.24, 2.45) is 0 Å². The highest BCUT2D eigenvalue weighted by molar-refractivity contribution is 7.12. The van der Waals surface area contributed by atoms with Gasteiger partial charge in [0.25, 0.3) is 0 Å². The van der Waals surface area contributed by atoms with Crippen molar-refractivity contribution in [3.05, 3.63) is 51.7 Å². The summed E-state index contributed by atoms with van der Waals surface area (Å²) in [4.78, 5) is 25.2. The minimum Gasteiger partial charge on any atom is -0.480 e. The lowest BCUT2D eigenvalue weighted by molar-refractivity contribution is -0.135. The van der Waals surface area contributed by atoms with Gasteiger partial charge in [-0.2, -0.15) is 0 Å². The molecule has 0 radical (unpaired) electrons. The van der Waals surface area contributed by atoms with Gasteiger partial charge in [-0.1, -0.05) is 29.8 Å². The topological polar surface area (TPSA) is 57.6 Å². The Morgan fingerprint density at radius 1 is 1.15 bits per heavy atom. The number of carboxylic acid groups (broad SMARTS) is 1. The largest absolute Gasteiger partial charge is 0.480 e. The minimum absolute atomic E-state index is 0.0173. The molecule has 1 N–H and O–H groups in total. The molecule has 0 bridgehead atoms. The highest BCUT2D eigenvalue weighted by Crippen LogP contribution is 2.25. The van der Waals surface area contributed by atoms with E-state index in [1.165, 1.54) is 16.2 Å². The number of hydrogen-bond acceptors (Lipinski definition) is 4. The lowest BCUT2D eigenvalue weighted by Gasteiger charge is -2.22. The number of halogens is 1. The predicted octanol–water partition coefficient (Wildman–Crippen LogP) is 3.18. The number of carbonyl (C=O) groups is 2. The van der Waals surface area contributed by atoms with E-state index in [0.717, 1.165) is 0 Å². The summed E-state index contributed by atoms with van der Waals surface area (Å²) in [7, 11) is 0. The molecule has 0 atom stereocenters.